The van der Waals surface area contributed by atoms with Gasteiger partial charge in [-0.1, -0.05) is 18.2 Å². The number of non-ortho nitro benzene ring substituents is 1. The Bertz CT molecular complexity index is 1130. The molecule has 9 nitrogen and oxygen atoms in total. The minimum Gasteiger partial charge on any atom is -0.495 e. The van der Waals surface area contributed by atoms with E-state index in [2.05, 4.69) is 17.4 Å². The van der Waals surface area contributed by atoms with Crippen LogP contribution in [-0.2, 0) is 27.7 Å². The van der Waals surface area contributed by atoms with Crippen LogP contribution in [-0.4, -0.2) is 39.2 Å². The second kappa shape index (κ2) is 9.56. The van der Waals surface area contributed by atoms with E-state index in [9.17, 15) is 23.3 Å². The van der Waals surface area contributed by atoms with Gasteiger partial charge in [-0.15, -0.1) is 0 Å². The first-order valence-corrected chi connectivity index (χ1v) is 12.2. The molecule has 0 bridgehead atoms. The molecule has 2 aromatic carbocycles. The van der Waals surface area contributed by atoms with Crippen molar-refractivity contribution in [2.75, 3.05) is 24.2 Å². The molecule has 1 atom stereocenters. The van der Waals surface area contributed by atoms with E-state index in [1.807, 2.05) is 13.0 Å². The summed E-state index contributed by atoms with van der Waals surface area (Å²) in [6.45, 7) is 1.30. The number of carbonyl (C=O) groups excluding carboxylic acids is 1. The van der Waals surface area contributed by atoms with Crippen LogP contribution in [0.15, 0.2) is 36.4 Å². The maximum absolute atomic E-state index is 12.8. The Labute approximate surface area is 187 Å². The van der Waals surface area contributed by atoms with Crippen LogP contribution in [0.1, 0.15) is 42.5 Å². The summed E-state index contributed by atoms with van der Waals surface area (Å²) in [7, 11) is -2.61. The molecule has 0 radical (unpaired) electrons. The van der Waals surface area contributed by atoms with Gasteiger partial charge in [-0.2, -0.15) is 0 Å². The fraction of sp³-hybridized carbons (Fsp3) is 0.409. The maximum Gasteiger partial charge on any atom is 0.271 e. The average molecular weight is 462 g/mol. The second-order valence-corrected chi connectivity index (χ2v) is 9.81. The average Bonchev–Trinajstić information content (AvgIpc) is 2.75. The number of fused-ring (bicyclic) bond motifs is 1. The lowest BCUT2D eigenvalue weighted by Gasteiger charge is -2.25. The molecule has 0 fully saturated rings. The zero-order valence-electron chi connectivity index (χ0n) is 18.3. The van der Waals surface area contributed by atoms with E-state index in [1.54, 1.807) is 0 Å². The highest BCUT2D eigenvalue weighted by Gasteiger charge is 2.27. The molecule has 172 valence electrons. The van der Waals surface area contributed by atoms with Gasteiger partial charge >= 0.3 is 0 Å². The summed E-state index contributed by atoms with van der Waals surface area (Å²) in [5.41, 5.74) is 3.18. The highest BCUT2D eigenvalue weighted by Crippen LogP contribution is 2.33. The van der Waals surface area contributed by atoms with Crippen LogP contribution in [0.5, 0.6) is 5.75 Å². The molecule has 0 spiro atoms. The fourth-order valence-corrected chi connectivity index (χ4v) is 4.74. The van der Waals surface area contributed by atoms with Gasteiger partial charge in [0, 0.05) is 12.1 Å². The molecule has 1 aliphatic rings. The van der Waals surface area contributed by atoms with Gasteiger partial charge < -0.3 is 10.1 Å². The first-order valence-electron chi connectivity index (χ1n) is 10.3. The molecule has 1 unspecified atom stereocenters. The monoisotopic (exact) mass is 461 g/mol. The molecule has 1 N–H and O–H groups in total. The van der Waals surface area contributed by atoms with Gasteiger partial charge in [0.1, 0.15) is 18.0 Å². The van der Waals surface area contributed by atoms with E-state index in [-0.39, 0.29) is 23.2 Å². The van der Waals surface area contributed by atoms with Crippen molar-refractivity contribution in [1.82, 2.24) is 5.32 Å². The van der Waals surface area contributed by atoms with Crippen molar-refractivity contribution < 1.29 is 22.9 Å². The molecule has 0 aromatic heterocycles. The fourth-order valence-electron chi connectivity index (χ4n) is 3.89. The van der Waals surface area contributed by atoms with Crippen LogP contribution in [0.25, 0.3) is 0 Å². The summed E-state index contributed by atoms with van der Waals surface area (Å²) < 4.78 is 30.9. The van der Waals surface area contributed by atoms with E-state index >= 15 is 0 Å². The van der Waals surface area contributed by atoms with Gasteiger partial charge in [0.25, 0.3) is 5.69 Å². The first-order chi connectivity index (χ1) is 15.1. The third-order valence-corrected chi connectivity index (χ3v) is 6.71. The Kier molecular flexibility index (Phi) is 7.02. The smallest absolute Gasteiger partial charge is 0.271 e. The number of sulfonamides is 1. The number of rotatable bonds is 8. The van der Waals surface area contributed by atoms with Gasteiger partial charge in [-0.25, -0.2) is 8.42 Å². The van der Waals surface area contributed by atoms with Crippen molar-refractivity contribution in [1.29, 1.82) is 0 Å². The number of nitrogens with one attached hydrogen (secondary N) is 1. The van der Waals surface area contributed by atoms with Gasteiger partial charge in [0.2, 0.25) is 15.9 Å². The predicted molar refractivity (Wildman–Crippen MR) is 121 cm³/mol. The third kappa shape index (κ3) is 5.37. The quantitative estimate of drug-likeness (QED) is 0.477. The molecule has 0 heterocycles. The van der Waals surface area contributed by atoms with Crippen LogP contribution in [0.4, 0.5) is 11.4 Å². The number of amides is 1. The number of carbonyl (C=O) groups is 1. The summed E-state index contributed by atoms with van der Waals surface area (Å²) in [6, 6.07) is 9.43. The van der Waals surface area contributed by atoms with Crippen LogP contribution in [0.3, 0.4) is 0 Å². The summed E-state index contributed by atoms with van der Waals surface area (Å²) in [6.07, 6.45) is 5.33. The molecule has 0 aliphatic heterocycles. The SMILES string of the molecule is COc1ccc([N+](=O)[O-])cc1N(CC(=O)NC(C)c1ccc2c(c1)CCCC2)S(C)(=O)=O. The Morgan fingerprint density at radius 2 is 1.88 bits per heavy atom. The number of anilines is 1. The molecule has 2 aromatic rings. The van der Waals surface area contributed by atoms with Crippen molar-refractivity contribution in [2.45, 2.75) is 38.6 Å². The molecule has 10 heteroatoms. The number of hydrogen-bond acceptors (Lipinski definition) is 6. The number of ether oxygens (including phenoxy) is 1. The van der Waals surface area contributed by atoms with E-state index in [1.165, 1.54) is 36.8 Å². The van der Waals surface area contributed by atoms with Crippen molar-refractivity contribution in [2.24, 2.45) is 0 Å². The normalized spacial score (nSPS) is 14.2. The lowest BCUT2D eigenvalue weighted by atomic mass is 9.89. The van der Waals surface area contributed by atoms with Crippen LogP contribution in [0.2, 0.25) is 0 Å². The standard InChI is InChI=1S/C22H27N3O6S/c1-15(17-9-8-16-6-4-5-7-18(16)12-17)23-22(26)14-24(32(3,29)30)20-13-19(25(27)28)10-11-21(20)31-2/h8-13,15H,4-7,14H2,1-3H3,(H,23,26). The summed E-state index contributed by atoms with van der Waals surface area (Å²) in [5, 5.41) is 14.0. The lowest BCUT2D eigenvalue weighted by Crippen LogP contribution is -2.41. The summed E-state index contributed by atoms with van der Waals surface area (Å²) in [5.74, 6) is -0.425. The Balaban J connectivity index is 1.82. The number of nitro benzene ring substituents is 1. The second-order valence-electron chi connectivity index (χ2n) is 7.91. The van der Waals surface area contributed by atoms with Crippen molar-refractivity contribution >= 4 is 27.3 Å². The predicted octanol–water partition coefficient (Wildman–Crippen LogP) is 3.13. The zero-order valence-corrected chi connectivity index (χ0v) is 19.1. The molecule has 32 heavy (non-hydrogen) atoms. The number of methoxy groups -OCH3 is 1. The zero-order chi connectivity index (χ0) is 23.5. The highest BCUT2D eigenvalue weighted by molar-refractivity contribution is 7.92. The Morgan fingerprint density at radius 3 is 2.50 bits per heavy atom. The largest absolute Gasteiger partial charge is 0.495 e. The van der Waals surface area contributed by atoms with Crippen molar-refractivity contribution in [3.05, 3.63) is 63.2 Å². The first kappa shape index (κ1) is 23.5. The van der Waals surface area contributed by atoms with Crippen LogP contribution in [0, 0.1) is 10.1 Å². The van der Waals surface area contributed by atoms with Gasteiger partial charge in [-0.3, -0.25) is 19.2 Å². The number of nitrogens with zero attached hydrogens (tertiary/aromatic N) is 2. The van der Waals surface area contributed by atoms with E-state index < -0.39 is 27.4 Å². The van der Waals surface area contributed by atoms with Gasteiger partial charge in [0.15, 0.2) is 0 Å². The highest BCUT2D eigenvalue weighted by atomic mass is 32.2. The number of nitro groups is 1. The van der Waals surface area contributed by atoms with E-state index in [0.717, 1.165) is 41.5 Å². The third-order valence-electron chi connectivity index (χ3n) is 5.58. The van der Waals surface area contributed by atoms with E-state index in [4.69, 9.17) is 4.74 Å². The van der Waals surface area contributed by atoms with Crippen LogP contribution < -0.4 is 14.4 Å². The topological polar surface area (TPSA) is 119 Å². The number of hydrogen-bond donors (Lipinski definition) is 1. The van der Waals surface area contributed by atoms with Crippen molar-refractivity contribution in [3.8, 4) is 5.75 Å². The lowest BCUT2D eigenvalue weighted by molar-refractivity contribution is -0.384. The summed E-state index contributed by atoms with van der Waals surface area (Å²) >= 11 is 0. The molecule has 1 amide bonds. The molecular formula is C22H27N3O6S. The summed E-state index contributed by atoms with van der Waals surface area (Å²) in [4.78, 5) is 23.3. The van der Waals surface area contributed by atoms with E-state index in [0.29, 0.717) is 0 Å². The minimum atomic E-state index is -3.93. The van der Waals surface area contributed by atoms with Crippen molar-refractivity contribution in [3.63, 3.8) is 0 Å². The number of benzene rings is 2. The molecule has 1 aliphatic carbocycles. The molecule has 3 rings (SSSR count). The van der Waals surface area contributed by atoms with Gasteiger partial charge in [0.05, 0.1) is 24.3 Å². The number of aryl methyl sites for hydroxylation is 2. The van der Waals surface area contributed by atoms with Crippen LogP contribution >= 0.6 is 0 Å². The Morgan fingerprint density at radius 1 is 1.19 bits per heavy atom. The maximum atomic E-state index is 12.8. The van der Waals surface area contributed by atoms with Gasteiger partial charge in [-0.05, 0) is 55.4 Å². The molecule has 0 saturated heterocycles. The Hall–Kier alpha value is -3.14. The molecule has 0 saturated carbocycles. The molecular weight excluding hydrogens is 434 g/mol. The minimum absolute atomic E-state index is 0.0687.